The number of hydrogen-bond acceptors (Lipinski definition) is 7. The molecular formula is C17H20N2O7S. The van der Waals surface area contributed by atoms with Gasteiger partial charge >= 0.3 is 5.97 Å². The van der Waals surface area contributed by atoms with Crippen LogP contribution in [0.1, 0.15) is 16.1 Å². The number of furan rings is 1. The molecule has 1 amide bonds. The average Bonchev–Trinajstić information content (AvgIpc) is 3.18. The van der Waals surface area contributed by atoms with Crippen LogP contribution in [-0.4, -0.2) is 57.5 Å². The van der Waals surface area contributed by atoms with Gasteiger partial charge in [-0.25, -0.2) is 13.2 Å². The van der Waals surface area contributed by atoms with Crippen LogP contribution in [0.4, 0.5) is 0 Å². The summed E-state index contributed by atoms with van der Waals surface area (Å²) in [6, 6.07) is 8.70. The van der Waals surface area contributed by atoms with E-state index in [1.54, 1.807) is 19.2 Å². The van der Waals surface area contributed by atoms with Crippen molar-refractivity contribution in [1.82, 2.24) is 9.37 Å². The number of benzene rings is 1. The lowest BCUT2D eigenvalue weighted by Gasteiger charge is -2.16. The molecule has 9 nitrogen and oxygen atoms in total. The van der Waals surface area contributed by atoms with Gasteiger partial charge in [-0.3, -0.25) is 9.63 Å². The van der Waals surface area contributed by atoms with Crippen LogP contribution in [0.2, 0.25) is 0 Å². The van der Waals surface area contributed by atoms with E-state index in [0.29, 0.717) is 10.2 Å². The van der Waals surface area contributed by atoms with Gasteiger partial charge in [-0.2, -0.15) is 0 Å². The molecule has 0 aliphatic carbocycles. The molecule has 0 saturated heterocycles. The largest absolute Gasteiger partial charge is 0.467 e. The Morgan fingerprint density at radius 1 is 1.15 bits per heavy atom. The van der Waals surface area contributed by atoms with Crippen molar-refractivity contribution in [2.45, 2.75) is 11.4 Å². The summed E-state index contributed by atoms with van der Waals surface area (Å²) >= 11 is 0. The van der Waals surface area contributed by atoms with Crippen LogP contribution in [0.25, 0.3) is 0 Å². The predicted octanol–water partition coefficient (Wildman–Crippen LogP) is 1.28. The Morgan fingerprint density at radius 2 is 1.89 bits per heavy atom. The molecule has 0 spiro atoms. The van der Waals surface area contributed by atoms with E-state index in [1.807, 2.05) is 0 Å². The summed E-state index contributed by atoms with van der Waals surface area (Å²) in [5.74, 6) is -0.646. The third-order valence-corrected chi connectivity index (χ3v) is 5.36. The van der Waals surface area contributed by atoms with Crippen molar-refractivity contribution in [3.8, 4) is 0 Å². The molecule has 1 aromatic carbocycles. The molecule has 0 radical (unpaired) electrons. The summed E-state index contributed by atoms with van der Waals surface area (Å²) in [7, 11) is 0.0858. The maximum atomic E-state index is 12.2. The molecule has 0 unspecified atom stereocenters. The standard InChI is InChI=1S/C17H20N2O7S/c1-18(11-14-7-5-9-25-14)16(20)12-26-17(21)13-6-4-8-15(10-13)27(22,23)19(2)24-3/h4-10H,11-12H2,1-3H3. The van der Waals surface area contributed by atoms with Crippen LogP contribution in [0.3, 0.4) is 0 Å². The van der Waals surface area contributed by atoms with Crippen molar-refractivity contribution in [3.05, 3.63) is 54.0 Å². The first-order valence-electron chi connectivity index (χ1n) is 7.82. The average molecular weight is 396 g/mol. The van der Waals surface area contributed by atoms with Gasteiger partial charge in [0.05, 0.1) is 30.4 Å². The fourth-order valence-electron chi connectivity index (χ4n) is 2.08. The lowest BCUT2D eigenvalue weighted by atomic mass is 10.2. The van der Waals surface area contributed by atoms with E-state index in [0.717, 1.165) is 6.07 Å². The minimum atomic E-state index is -3.90. The highest BCUT2D eigenvalue weighted by atomic mass is 32.2. The number of rotatable bonds is 8. The first-order chi connectivity index (χ1) is 12.8. The summed E-state index contributed by atoms with van der Waals surface area (Å²) in [5.41, 5.74) is 0.00191. The first kappa shape index (κ1) is 20.6. The molecule has 1 aromatic heterocycles. The highest BCUT2D eigenvalue weighted by Crippen LogP contribution is 2.16. The zero-order chi connectivity index (χ0) is 20.0. The van der Waals surface area contributed by atoms with E-state index in [1.165, 1.54) is 43.5 Å². The number of nitrogens with zero attached hydrogens (tertiary/aromatic N) is 2. The summed E-state index contributed by atoms with van der Waals surface area (Å²) in [5, 5.41) is 0. The molecule has 0 bridgehead atoms. The summed E-state index contributed by atoms with van der Waals surface area (Å²) < 4.78 is 35.3. The Kier molecular flexibility index (Phi) is 6.72. The van der Waals surface area contributed by atoms with Crippen LogP contribution in [0, 0.1) is 0 Å². The number of hydroxylamine groups is 1. The van der Waals surface area contributed by atoms with Crippen LogP contribution in [0.15, 0.2) is 52.0 Å². The number of carbonyl (C=O) groups excluding carboxylic acids is 2. The molecule has 2 aromatic rings. The second kappa shape index (κ2) is 8.80. The maximum Gasteiger partial charge on any atom is 0.338 e. The van der Waals surface area contributed by atoms with Crippen LogP contribution in [0.5, 0.6) is 0 Å². The summed E-state index contributed by atoms with van der Waals surface area (Å²) in [6.45, 7) is -0.245. The molecule has 0 aliphatic rings. The van der Waals surface area contributed by atoms with Gasteiger partial charge < -0.3 is 14.1 Å². The Morgan fingerprint density at radius 3 is 2.52 bits per heavy atom. The van der Waals surface area contributed by atoms with Crippen molar-refractivity contribution in [2.24, 2.45) is 0 Å². The molecule has 0 fully saturated rings. The third-order valence-electron chi connectivity index (χ3n) is 3.69. The Balaban J connectivity index is 2.00. The van der Waals surface area contributed by atoms with Gasteiger partial charge in [0.1, 0.15) is 5.76 Å². The number of hydrogen-bond donors (Lipinski definition) is 0. The normalized spacial score (nSPS) is 11.4. The fourth-order valence-corrected chi connectivity index (χ4v) is 3.09. The van der Waals surface area contributed by atoms with Gasteiger partial charge in [0.2, 0.25) is 0 Å². The minimum absolute atomic E-state index is 0.00191. The second-order valence-corrected chi connectivity index (χ2v) is 7.47. The summed E-state index contributed by atoms with van der Waals surface area (Å²) in [4.78, 5) is 30.1. The van der Waals surface area contributed by atoms with E-state index in [9.17, 15) is 18.0 Å². The van der Waals surface area contributed by atoms with Crippen molar-refractivity contribution in [2.75, 3.05) is 27.8 Å². The van der Waals surface area contributed by atoms with Crippen molar-refractivity contribution in [3.63, 3.8) is 0 Å². The number of carbonyl (C=O) groups is 2. The summed E-state index contributed by atoms with van der Waals surface area (Å²) in [6.07, 6.45) is 1.50. The molecule has 0 saturated carbocycles. The zero-order valence-electron chi connectivity index (χ0n) is 15.1. The molecule has 1 heterocycles. The van der Waals surface area contributed by atoms with Gasteiger partial charge in [0, 0.05) is 14.1 Å². The zero-order valence-corrected chi connectivity index (χ0v) is 15.9. The first-order valence-corrected chi connectivity index (χ1v) is 9.26. The van der Waals surface area contributed by atoms with Crippen molar-refractivity contribution in [1.29, 1.82) is 0 Å². The Bertz CT molecular complexity index is 894. The van der Waals surface area contributed by atoms with E-state index in [2.05, 4.69) is 4.84 Å². The molecular weight excluding hydrogens is 376 g/mol. The number of esters is 1. The van der Waals surface area contributed by atoms with Gasteiger partial charge in [0.25, 0.3) is 15.9 Å². The Hall–Kier alpha value is -2.69. The van der Waals surface area contributed by atoms with Crippen LogP contribution < -0.4 is 0 Å². The smallest absolute Gasteiger partial charge is 0.338 e. The fraction of sp³-hybridized carbons (Fsp3) is 0.294. The predicted molar refractivity (Wildman–Crippen MR) is 93.9 cm³/mol. The molecule has 0 atom stereocenters. The van der Waals surface area contributed by atoms with Gasteiger partial charge in [-0.05, 0) is 30.3 Å². The van der Waals surface area contributed by atoms with E-state index < -0.39 is 28.5 Å². The lowest BCUT2D eigenvalue weighted by molar-refractivity contribution is -0.133. The SMILES string of the molecule is CON(C)S(=O)(=O)c1cccc(C(=O)OCC(=O)N(C)Cc2ccco2)c1. The molecule has 2 rings (SSSR count). The van der Waals surface area contributed by atoms with E-state index >= 15 is 0 Å². The van der Waals surface area contributed by atoms with Gasteiger partial charge in [0.15, 0.2) is 6.61 Å². The van der Waals surface area contributed by atoms with E-state index in [4.69, 9.17) is 9.15 Å². The maximum absolute atomic E-state index is 12.2. The molecule has 0 aliphatic heterocycles. The van der Waals surface area contributed by atoms with E-state index in [-0.39, 0.29) is 17.0 Å². The highest BCUT2D eigenvalue weighted by Gasteiger charge is 2.22. The number of likely N-dealkylation sites (N-methyl/N-ethyl adjacent to an activating group) is 1. The minimum Gasteiger partial charge on any atom is -0.467 e. The number of sulfonamides is 1. The molecule has 10 heteroatoms. The van der Waals surface area contributed by atoms with Crippen molar-refractivity contribution < 1.29 is 32.0 Å². The van der Waals surface area contributed by atoms with Gasteiger partial charge in [-0.15, -0.1) is 0 Å². The second-order valence-electron chi connectivity index (χ2n) is 5.53. The third kappa shape index (κ3) is 5.16. The van der Waals surface area contributed by atoms with Gasteiger partial charge in [-0.1, -0.05) is 10.5 Å². The quantitative estimate of drug-likeness (QED) is 0.489. The van der Waals surface area contributed by atoms with Crippen LogP contribution >= 0.6 is 0 Å². The van der Waals surface area contributed by atoms with Crippen molar-refractivity contribution >= 4 is 21.9 Å². The number of ether oxygens (including phenoxy) is 1. The molecule has 27 heavy (non-hydrogen) atoms. The lowest BCUT2D eigenvalue weighted by Crippen LogP contribution is -2.30. The monoisotopic (exact) mass is 396 g/mol. The highest BCUT2D eigenvalue weighted by molar-refractivity contribution is 7.89. The molecule has 146 valence electrons. The van der Waals surface area contributed by atoms with Crippen LogP contribution in [-0.2, 0) is 30.9 Å². The number of amides is 1. The Labute approximate surface area is 157 Å². The molecule has 0 N–H and O–H groups in total. The topological polar surface area (TPSA) is 106 Å².